The van der Waals surface area contributed by atoms with E-state index < -0.39 is 5.97 Å². The first-order valence-corrected chi connectivity index (χ1v) is 7.08. The van der Waals surface area contributed by atoms with E-state index in [2.05, 4.69) is 22.4 Å². The molecule has 1 aromatic carbocycles. The molecule has 0 aliphatic heterocycles. The van der Waals surface area contributed by atoms with Crippen LogP contribution in [0.5, 0.6) is 0 Å². The van der Waals surface area contributed by atoms with Gasteiger partial charge in [-0.1, -0.05) is 30.3 Å². The van der Waals surface area contributed by atoms with Crippen LogP contribution in [-0.2, 0) is 11.2 Å². The molecule has 0 saturated heterocycles. The topological polar surface area (TPSA) is 62.2 Å². The van der Waals surface area contributed by atoms with Crippen molar-refractivity contribution in [2.45, 2.75) is 32.2 Å². The molecule has 0 fully saturated rings. The van der Waals surface area contributed by atoms with Crippen molar-refractivity contribution in [3.05, 3.63) is 59.8 Å². The van der Waals surface area contributed by atoms with Crippen LogP contribution < -0.4 is 5.32 Å². The van der Waals surface area contributed by atoms with Crippen molar-refractivity contribution < 1.29 is 9.90 Å². The van der Waals surface area contributed by atoms with Crippen molar-refractivity contribution >= 4 is 11.8 Å². The highest BCUT2D eigenvalue weighted by atomic mass is 16.4. The van der Waals surface area contributed by atoms with Gasteiger partial charge in [0.15, 0.2) is 0 Å². The second-order valence-corrected chi connectivity index (χ2v) is 5.18. The Balaban J connectivity index is 2.06. The average molecular weight is 284 g/mol. The van der Waals surface area contributed by atoms with Gasteiger partial charge in [-0.3, -0.25) is 4.79 Å². The lowest BCUT2D eigenvalue weighted by atomic mass is 10.0. The van der Waals surface area contributed by atoms with Gasteiger partial charge >= 0.3 is 5.97 Å². The van der Waals surface area contributed by atoms with Crippen LogP contribution in [0.3, 0.4) is 0 Å². The Kier molecular flexibility index (Phi) is 5.32. The third-order valence-electron chi connectivity index (χ3n) is 3.30. The summed E-state index contributed by atoms with van der Waals surface area (Å²) in [6.45, 7) is 2.01. The summed E-state index contributed by atoms with van der Waals surface area (Å²) in [5.74, 6) is 0.0217. The predicted molar refractivity (Wildman–Crippen MR) is 83.4 cm³/mol. The van der Waals surface area contributed by atoms with E-state index in [9.17, 15) is 4.79 Å². The van der Waals surface area contributed by atoms with Gasteiger partial charge in [-0.2, -0.15) is 0 Å². The first-order chi connectivity index (χ1) is 10.1. The van der Waals surface area contributed by atoms with E-state index in [1.807, 2.05) is 37.3 Å². The molecular weight excluding hydrogens is 264 g/mol. The van der Waals surface area contributed by atoms with Gasteiger partial charge in [0.1, 0.15) is 5.82 Å². The number of benzene rings is 1. The van der Waals surface area contributed by atoms with Crippen molar-refractivity contribution in [1.29, 1.82) is 0 Å². The number of hydrogen-bond acceptors (Lipinski definition) is 3. The maximum Gasteiger partial charge on any atom is 0.303 e. The smallest absolute Gasteiger partial charge is 0.303 e. The van der Waals surface area contributed by atoms with Crippen LogP contribution in [-0.4, -0.2) is 22.1 Å². The first-order valence-electron chi connectivity index (χ1n) is 7.08. The number of aliphatic carboxylic acids is 1. The second kappa shape index (κ2) is 7.43. The zero-order valence-corrected chi connectivity index (χ0v) is 12.1. The Hall–Kier alpha value is -2.36. The van der Waals surface area contributed by atoms with Crippen molar-refractivity contribution in [1.82, 2.24) is 4.98 Å². The Morgan fingerprint density at radius 3 is 2.71 bits per heavy atom. The molecule has 2 N–H and O–H groups in total. The number of anilines is 1. The largest absolute Gasteiger partial charge is 0.481 e. The van der Waals surface area contributed by atoms with Crippen LogP contribution in [0.15, 0.2) is 48.7 Å². The standard InChI is InChI=1S/C17H20N2O2/c1-13-9-10-18-16(11-13)19-15(7-8-17(20)21)12-14-5-3-2-4-6-14/h2-6,9-11,15H,7-8,12H2,1H3,(H,18,19)(H,20,21). The molecule has 21 heavy (non-hydrogen) atoms. The molecule has 0 bridgehead atoms. The minimum Gasteiger partial charge on any atom is -0.481 e. The SMILES string of the molecule is Cc1ccnc(NC(CCC(=O)O)Cc2ccccc2)c1. The number of carboxylic acid groups (broad SMARTS) is 1. The number of nitrogens with one attached hydrogen (secondary N) is 1. The monoisotopic (exact) mass is 284 g/mol. The maximum atomic E-state index is 10.8. The Morgan fingerprint density at radius 1 is 1.29 bits per heavy atom. The van der Waals surface area contributed by atoms with Gasteiger partial charge in [-0.25, -0.2) is 4.98 Å². The third kappa shape index (κ3) is 5.26. The fraction of sp³-hybridized carbons (Fsp3) is 0.294. The molecule has 1 heterocycles. The molecule has 1 unspecified atom stereocenters. The number of aryl methyl sites for hydroxylation is 1. The van der Waals surface area contributed by atoms with Crippen molar-refractivity contribution in [3.63, 3.8) is 0 Å². The fourth-order valence-corrected chi connectivity index (χ4v) is 2.25. The minimum atomic E-state index is -0.771. The highest BCUT2D eigenvalue weighted by molar-refractivity contribution is 5.66. The van der Waals surface area contributed by atoms with E-state index >= 15 is 0 Å². The third-order valence-corrected chi connectivity index (χ3v) is 3.30. The van der Waals surface area contributed by atoms with Crippen LogP contribution >= 0.6 is 0 Å². The Morgan fingerprint density at radius 2 is 2.05 bits per heavy atom. The van der Waals surface area contributed by atoms with Gasteiger partial charge in [-0.05, 0) is 43.0 Å². The summed E-state index contributed by atoms with van der Waals surface area (Å²) in [6.07, 6.45) is 3.26. The van der Waals surface area contributed by atoms with Gasteiger partial charge in [-0.15, -0.1) is 0 Å². The second-order valence-electron chi connectivity index (χ2n) is 5.18. The molecule has 0 aliphatic carbocycles. The van der Waals surface area contributed by atoms with Gasteiger partial charge in [0.25, 0.3) is 0 Å². The zero-order valence-electron chi connectivity index (χ0n) is 12.1. The lowest BCUT2D eigenvalue weighted by molar-refractivity contribution is -0.137. The van der Waals surface area contributed by atoms with Crippen molar-refractivity contribution in [2.75, 3.05) is 5.32 Å². The molecule has 0 saturated carbocycles. The molecule has 4 heteroatoms. The summed E-state index contributed by atoms with van der Waals surface area (Å²) in [5, 5.41) is 12.2. The molecule has 110 valence electrons. The van der Waals surface area contributed by atoms with Crippen LogP contribution in [0, 0.1) is 6.92 Å². The Bertz CT molecular complexity index is 584. The summed E-state index contributed by atoms with van der Waals surface area (Å²) in [7, 11) is 0. The summed E-state index contributed by atoms with van der Waals surface area (Å²) in [6, 6.07) is 14.0. The lowest BCUT2D eigenvalue weighted by Crippen LogP contribution is -2.24. The minimum absolute atomic E-state index is 0.0535. The number of hydrogen-bond donors (Lipinski definition) is 2. The van der Waals surface area contributed by atoms with Crippen LogP contribution in [0.25, 0.3) is 0 Å². The normalized spacial score (nSPS) is 11.9. The number of rotatable bonds is 7. The molecule has 0 aliphatic rings. The summed E-state index contributed by atoms with van der Waals surface area (Å²) < 4.78 is 0. The Labute approximate surface area is 124 Å². The molecule has 2 aromatic rings. The number of aromatic nitrogens is 1. The van der Waals surface area contributed by atoms with Crippen LogP contribution in [0.2, 0.25) is 0 Å². The molecular formula is C17H20N2O2. The molecule has 1 aromatic heterocycles. The quantitative estimate of drug-likeness (QED) is 0.819. The van der Waals surface area contributed by atoms with Gasteiger partial charge in [0, 0.05) is 18.7 Å². The molecule has 0 radical (unpaired) electrons. The molecule has 2 rings (SSSR count). The summed E-state index contributed by atoms with van der Waals surface area (Å²) in [5.41, 5.74) is 2.32. The highest BCUT2D eigenvalue weighted by Gasteiger charge is 2.12. The van der Waals surface area contributed by atoms with Crippen LogP contribution in [0.1, 0.15) is 24.0 Å². The van der Waals surface area contributed by atoms with E-state index in [0.29, 0.717) is 6.42 Å². The molecule has 4 nitrogen and oxygen atoms in total. The van der Waals surface area contributed by atoms with E-state index in [0.717, 1.165) is 17.8 Å². The zero-order chi connectivity index (χ0) is 15.1. The lowest BCUT2D eigenvalue weighted by Gasteiger charge is -2.19. The van der Waals surface area contributed by atoms with Gasteiger partial charge in [0.05, 0.1) is 0 Å². The molecule has 0 amide bonds. The number of nitrogens with zero attached hydrogens (tertiary/aromatic N) is 1. The van der Waals surface area contributed by atoms with E-state index in [4.69, 9.17) is 5.11 Å². The first kappa shape index (κ1) is 15.0. The molecule has 0 spiro atoms. The fourth-order valence-electron chi connectivity index (χ4n) is 2.25. The number of pyridine rings is 1. The van der Waals surface area contributed by atoms with Crippen LogP contribution in [0.4, 0.5) is 5.82 Å². The number of carbonyl (C=O) groups is 1. The summed E-state index contributed by atoms with van der Waals surface area (Å²) in [4.78, 5) is 15.1. The van der Waals surface area contributed by atoms with Gasteiger partial charge in [0.2, 0.25) is 0 Å². The molecule has 1 atom stereocenters. The maximum absolute atomic E-state index is 10.8. The van der Waals surface area contributed by atoms with Crippen molar-refractivity contribution in [3.8, 4) is 0 Å². The number of carboxylic acids is 1. The van der Waals surface area contributed by atoms with E-state index in [1.54, 1.807) is 6.20 Å². The average Bonchev–Trinajstić information content (AvgIpc) is 2.46. The van der Waals surface area contributed by atoms with Crippen molar-refractivity contribution in [2.24, 2.45) is 0 Å². The van der Waals surface area contributed by atoms with Gasteiger partial charge < -0.3 is 10.4 Å². The predicted octanol–water partition coefficient (Wildman–Crippen LogP) is 3.28. The van der Waals surface area contributed by atoms with E-state index in [-0.39, 0.29) is 12.5 Å². The summed E-state index contributed by atoms with van der Waals surface area (Å²) >= 11 is 0. The van der Waals surface area contributed by atoms with E-state index in [1.165, 1.54) is 5.56 Å². The highest BCUT2D eigenvalue weighted by Crippen LogP contribution is 2.14.